The molecule has 0 bridgehead atoms. The van der Waals surface area contributed by atoms with Gasteiger partial charge in [-0.15, -0.1) is 0 Å². The Kier molecular flexibility index (Phi) is 3.45. The zero-order valence-corrected chi connectivity index (χ0v) is 8.73. The molecule has 0 atom stereocenters. The van der Waals surface area contributed by atoms with Gasteiger partial charge in [-0.3, -0.25) is 0 Å². The van der Waals surface area contributed by atoms with Crippen molar-refractivity contribution >= 4 is 30.6 Å². The summed E-state index contributed by atoms with van der Waals surface area (Å²) in [5.41, 5.74) is 0.656. The Morgan fingerprint density at radius 1 is 1.31 bits per heavy atom. The van der Waals surface area contributed by atoms with Crippen LogP contribution in [0.15, 0.2) is 24.3 Å². The summed E-state index contributed by atoms with van der Waals surface area (Å²) in [5, 5.41) is 2.58. The number of anilines is 1. The molecule has 0 unspecified atom stereocenters. The van der Waals surface area contributed by atoms with Crippen LogP contribution in [0, 0.1) is 0 Å². The summed E-state index contributed by atoms with van der Waals surface area (Å²) in [6.07, 6.45) is 0. The van der Waals surface area contributed by atoms with Crippen LogP contribution in [0.4, 0.5) is 5.69 Å². The maximum absolute atomic E-state index is 10.6. The summed E-state index contributed by atoms with van der Waals surface area (Å²) >= 11 is -2.57. The molecule has 4 nitrogen and oxygen atoms in total. The number of benzene rings is 1. The number of nitrogens with one attached hydrogen (secondary N) is 1. The van der Waals surface area contributed by atoms with Crippen LogP contribution in [0.2, 0.25) is 0 Å². The van der Waals surface area contributed by atoms with Gasteiger partial charge in [0.15, 0.2) is 0 Å². The van der Waals surface area contributed by atoms with Crippen LogP contribution in [0.25, 0.3) is 0 Å². The quantitative estimate of drug-likeness (QED) is 0.607. The minimum atomic E-state index is -2.57. The average molecular weight is 247 g/mol. The van der Waals surface area contributed by atoms with E-state index in [1.165, 1.54) is 6.92 Å². The van der Waals surface area contributed by atoms with E-state index in [-0.39, 0.29) is 5.91 Å². The Hall–Kier alpha value is -0.871. The van der Waals surface area contributed by atoms with E-state index >= 15 is 0 Å². The molecule has 0 aliphatic heterocycles. The summed E-state index contributed by atoms with van der Waals surface area (Å²) < 4.78 is 18.3. The zero-order valence-electron chi connectivity index (χ0n) is 7.02. The molecular formula is C8H10NO3Se+. The van der Waals surface area contributed by atoms with Gasteiger partial charge >= 0.3 is 80.3 Å². The van der Waals surface area contributed by atoms with Gasteiger partial charge in [0.05, 0.1) is 0 Å². The molecule has 3 N–H and O–H groups in total. The van der Waals surface area contributed by atoms with Crippen molar-refractivity contribution in [1.82, 2.24) is 0 Å². The molecule has 1 aromatic carbocycles. The molecule has 0 radical (unpaired) electrons. The number of hydrogen-bond donors (Lipinski definition) is 3. The molecule has 0 fully saturated rings. The van der Waals surface area contributed by atoms with Gasteiger partial charge in [-0.1, -0.05) is 0 Å². The van der Waals surface area contributed by atoms with Gasteiger partial charge in [0.1, 0.15) is 0 Å². The Morgan fingerprint density at radius 2 is 1.85 bits per heavy atom. The van der Waals surface area contributed by atoms with Crippen LogP contribution in [0.1, 0.15) is 6.92 Å². The van der Waals surface area contributed by atoms with E-state index in [9.17, 15) is 4.79 Å². The topological polar surface area (TPSA) is 69.6 Å². The first-order valence-electron chi connectivity index (χ1n) is 3.59. The van der Waals surface area contributed by atoms with Crippen LogP contribution in [-0.4, -0.2) is 28.8 Å². The molecule has 5 heteroatoms. The molecule has 1 amide bonds. The fourth-order valence-electron chi connectivity index (χ4n) is 0.863. The Bertz CT molecular complexity index is 297. The summed E-state index contributed by atoms with van der Waals surface area (Å²) in [6.45, 7) is 1.42. The maximum atomic E-state index is 10.6. The van der Waals surface area contributed by atoms with Crippen LogP contribution in [0.3, 0.4) is 0 Å². The van der Waals surface area contributed by atoms with E-state index in [1.807, 2.05) is 0 Å². The predicted octanol–water partition coefficient (Wildman–Crippen LogP) is -0.675. The van der Waals surface area contributed by atoms with Crippen molar-refractivity contribution in [3.8, 4) is 0 Å². The van der Waals surface area contributed by atoms with E-state index < -0.39 is 14.6 Å². The molecule has 1 aromatic rings. The monoisotopic (exact) mass is 248 g/mol. The SMILES string of the molecule is CC(=O)Nc1ccc([Se+](O)O)cc1. The fraction of sp³-hybridized carbons (Fsp3) is 0.125. The molecule has 0 aliphatic rings. The van der Waals surface area contributed by atoms with E-state index in [0.717, 1.165) is 0 Å². The first-order valence-corrected chi connectivity index (χ1v) is 5.98. The number of rotatable bonds is 2. The van der Waals surface area contributed by atoms with Crippen molar-refractivity contribution in [2.75, 3.05) is 5.32 Å². The van der Waals surface area contributed by atoms with E-state index in [1.54, 1.807) is 24.3 Å². The Balaban J connectivity index is 2.75. The van der Waals surface area contributed by atoms with Gasteiger partial charge in [0.25, 0.3) is 0 Å². The molecule has 1 rings (SSSR count). The van der Waals surface area contributed by atoms with Crippen LogP contribution >= 0.6 is 0 Å². The molecule has 0 spiro atoms. The van der Waals surface area contributed by atoms with Crippen molar-refractivity contribution in [3.05, 3.63) is 24.3 Å². The van der Waals surface area contributed by atoms with Gasteiger partial charge in [-0.05, 0) is 0 Å². The second-order valence-corrected chi connectivity index (χ2v) is 4.57. The van der Waals surface area contributed by atoms with Crippen molar-refractivity contribution in [1.29, 1.82) is 0 Å². The van der Waals surface area contributed by atoms with E-state index in [4.69, 9.17) is 8.38 Å². The van der Waals surface area contributed by atoms with Gasteiger partial charge in [0.2, 0.25) is 0 Å². The molecule has 0 aliphatic carbocycles. The van der Waals surface area contributed by atoms with Crippen molar-refractivity contribution < 1.29 is 13.2 Å². The summed E-state index contributed by atoms with van der Waals surface area (Å²) in [6, 6.07) is 6.46. The average Bonchev–Trinajstić information content (AvgIpc) is 2.04. The molecule has 0 saturated heterocycles. The number of amides is 1. The summed E-state index contributed by atoms with van der Waals surface area (Å²) in [4.78, 5) is 10.6. The first-order chi connectivity index (χ1) is 6.09. The van der Waals surface area contributed by atoms with Crippen LogP contribution in [-0.2, 0) is 4.79 Å². The number of hydrogen-bond acceptors (Lipinski definition) is 3. The number of carbonyl (C=O) groups is 1. The second kappa shape index (κ2) is 4.39. The normalized spacial score (nSPS) is 10.2. The third-order valence-electron chi connectivity index (χ3n) is 1.39. The Morgan fingerprint density at radius 3 is 2.23 bits per heavy atom. The fourth-order valence-corrected chi connectivity index (χ4v) is 1.66. The third kappa shape index (κ3) is 3.16. The number of carbonyl (C=O) groups excluding carboxylic acids is 1. The van der Waals surface area contributed by atoms with Gasteiger partial charge in [-0.25, -0.2) is 0 Å². The van der Waals surface area contributed by atoms with Crippen LogP contribution in [0.5, 0.6) is 0 Å². The molecule has 70 valence electrons. The summed E-state index contributed by atoms with van der Waals surface area (Å²) in [7, 11) is 0. The molecule has 0 aromatic heterocycles. The first kappa shape index (κ1) is 10.2. The molecule has 0 saturated carbocycles. The minimum absolute atomic E-state index is 0.145. The summed E-state index contributed by atoms with van der Waals surface area (Å²) in [5.74, 6) is -0.145. The Labute approximate surface area is 80.7 Å². The standard InChI is InChI=1S/C8H9NO3Se/c1-6(10)9-7-2-4-8(5-3-7)13(11)12/h2-5,11-12H,1H3/p+1. The van der Waals surface area contributed by atoms with Gasteiger partial charge in [-0.2, -0.15) is 0 Å². The molecular weight excluding hydrogens is 237 g/mol. The van der Waals surface area contributed by atoms with Crippen LogP contribution < -0.4 is 9.78 Å². The van der Waals surface area contributed by atoms with E-state index in [2.05, 4.69) is 5.32 Å². The van der Waals surface area contributed by atoms with E-state index in [0.29, 0.717) is 10.1 Å². The molecule has 13 heavy (non-hydrogen) atoms. The van der Waals surface area contributed by atoms with Gasteiger partial charge in [0, 0.05) is 0 Å². The molecule has 0 heterocycles. The van der Waals surface area contributed by atoms with Crippen molar-refractivity contribution in [2.45, 2.75) is 6.92 Å². The zero-order chi connectivity index (χ0) is 9.84. The van der Waals surface area contributed by atoms with Crippen molar-refractivity contribution in [3.63, 3.8) is 0 Å². The van der Waals surface area contributed by atoms with Gasteiger partial charge < -0.3 is 0 Å². The third-order valence-corrected chi connectivity index (χ3v) is 2.84. The second-order valence-electron chi connectivity index (χ2n) is 2.47. The predicted molar refractivity (Wildman–Crippen MR) is 50.6 cm³/mol. The van der Waals surface area contributed by atoms with Crippen molar-refractivity contribution in [2.24, 2.45) is 0 Å².